The van der Waals surface area contributed by atoms with Crippen LogP contribution in [0.15, 0.2) is 12.7 Å². The van der Waals surface area contributed by atoms with E-state index >= 15 is 0 Å². The van der Waals surface area contributed by atoms with Crippen molar-refractivity contribution in [1.29, 1.82) is 0 Å². The zero-order valence-electron chi connectivity index (χ0n) is 6.98. The lowest BCUT2D eigenvalue weighted by Gasteiger charge is -2.38. The Hall–Kier alpha value is -0.300. The molecule has 10 heavy (non-hydrogen) atoms. The van der Waals surface area contributed by atoms with Gasteiger partial charge in [-0.05, 0) is 32.2 Å². The van der Waals surface area contributed by atoms with Crippen molar-refractivity contribution in [2.24, 2.45) is 5.92 Å². The van der Waals surface area contributed by atoms with Gasteiger partial charge in [0.2, 0.25) is 0 Å². The van der Waals surface area contributed by atoms with Crippen molar-refractivity contribution in [2.45, 2.75) is 32.2 Å². The van der Waals surface area contributed by atoms with Gasteiger partial charge in [0.15, 0.2) is 0 Å². The van der Waals surface area contributed by atoms with Gasteiger partial charge in [0.25, 0.3) is 0 Å². The molecule has 0 aromatic heterocycles. The Labute approximate surface area is 63.5 Å². The van der Waals surface area contributed by atoms with Crippen molar-refractivity contribution < 1.29 is 0 Å². The molecule has 0 saturated carbocycles. The van der Waals surface area contributed by atoms with E-state index in [9.17, 15) is 0 Å². The first kappa shape index (κ1) is 7.80. The van der Waals surface area contributed by atoms with Crippen LogP contribution in [0.2, 0.25) is 0 Å². The molecule has 0 bridgehead atoms. The number of piperidine rings is 1. The van der Waals surface area contributed by atoms with Gasteiger partial charge in [-0.3, -0.25) is 0 Å². The van der Waals surface area contributed by atoms with Gasteiger partial charge in [0.1, 0.15) is 0 Å². The summed E-state index contributed by atoms with van der Waals surface area (Å²) in [6.07, 6.45) is 4.68. The highest BCUT2D eigenvalue weighted by atomic mass is 15.0. The Bertz CT molecular complexity index is 131. The molecule has 1 aliphatic heterocycles. The lowest BCUT2D eigenvalue weighted by Crippen LogP contribution is -2.49. The molecule has 0 amide bonds. The van der Waals surface area contributed by atoms with Gasteiger partial charge >= 0.3 is 0 Å². The summed E-state index contributed by atoms with van der Waals surface area (Å²) in [5.41, 5.74) is 0.193. The highest BCUT2D eigenvalue weighted by molar-refractivity contribution is 5.04. The molecular formula is C9H17N. The SMILES string of the molecule is C=CC1(C)NCCCC1C. The molecule has 2 unspecified atom stereocenters. The zero-order valence-corrected chi connectivity index (χ0v) is 6.98. The Balaban J connectivity index is 2.62. The van der Waals surface area contributed by atoms with Crippen molar-refractivity contribution in [2.75, 3.05) is 6.54 Å². The first-order chi connectivity index (χ1) is 4.69. The van der Waals surface area contributed by atoms with Crippen molar-refractivity contribution >= 4 is 0 Å². The van der Waals surface area contributed by atoms with Crippen LogP contribution in [-0.2, 0) is 0 Å². The lowest BCUT2D eigenvalue weighted by atomic mass is 9.81. The molecule has 1 saturated heterocycles. The van der Waals surface area contributed by atoms with E-state index in [2.05, 4.69) is 25.7 Å². The van der Waals surface area contributed by atoms with Crippen LogP contribution in [-0.4, -0.2) is 12.1 Å². The first-order valence-electron chi connectivity index (χ1n) is 4.07. The van der Waals surface area contributed by atoms with Crippen LogP contribution in [0, 0.1) is 5.92 Å². The standard InChI is InChI=1S/C9H17N/c1-4-9(3)8(2)6-5-7-10-9/h4,8,10H,1,5-7H2,2-3H3. The van der Waals surface area contributed by atoms with E-state index in [1.54, 1.807) is 0 Å². The average molecular weight is 139 g/mol. The van der Waals surface area contributed by atoms with Crippen molar-refractivity contribution in [3.63, 3.8) is 0 Å². The Morgan fingerprint density at radius 1 is 1.70 bits per heavy atom. The Kier molecular flexibility index (Phi) is 2.14. The fourth-order valence-corrected chi connectivity index (χ4v) is 1.51. The molecule has 1 N–H and O–H groups in total. The van der Waals surface area contributed by atoms with E-state index in [-0.39, 0.29) is 5.54 Å². The topological polar surface area (TPSA) is 12.0 Å². The van der Waals surface area contributed by atoms with Gasteiger partial charge in [0, 0.05) is 5.54 Å². The normalized spacial score (nSPS) is 41.2. The van der Waals surface area contributed by atoms with Crippen LogP contribution in [0.4, 0.5) is 0 Å². The minimum atomic E-state index is 0.193. The molecule has 1 heterocycles. The minimum absolute atomic E-state index is 0.193. The number of rotatable bonds is 1. The van der Waals surface area contributed by atoms with E-state index in [0.717, 1.165) is 12.5 Å². The number of hydrogen-bond acceptors (Lipinski definition) is 1. The van der Waals surface area contributed by atoms with E-state index < -0.39 is 0 Å². The molecule has 0 radical (unpaired) electrons. The molecule has 0 aliphatic carbocycles. The molecule has 1 nitrogen and oxygen atoms in total. The summed E-state index contributed by atoms with van der Waals surface area (Å²) < 4.78 is 0. The van der Waals surface area contributed by atoms with Crippen LogP contribution >= 0.6 is 0 Å². The smallest absolute Gasteiger partial charge is 0.0358 e. The predicted molar refractivity (Wildman–Crippen MR) is 45.0 cm³/mol. The summed E-state index contributed by atoms with van der Waals surface area (Å²) in [5, 5.41) is 3.48. The second-order valence-corrected chi connectivity index (χ2v) is 3.46. The third kappa shape index (κ3) is 1.24. The Morgan fingerprint density at radius 2 is 2.40 bits per heavy atom. The molecule has 1 fully saturated rings. The van der Waals surface area contributed by atoms with E-state index in [1.807, 2.05) is 6.08 Å². The second kappa shape index (κ2) is 2.75. The van der Waals surface area contributed by atoms with Crippen molar-refractivity contribution in [1.82, 2.24) is 5.32 Å². The fourth-order valence-electron chi connectivity index (χ4n) is 1.51. The quantitative estimate of drug-likeness (QED) is 0.547. The maximum atomic E-state index is 3.84. The minimum Gasteiger partial charge on any atom is -0.308 e. The third-order valence-electron chi connectivity index (χ3n) is 2.77. The molecular weight excluding hydrogens is 122 g/mol. The average Bonchev–Trinajstić information content (AvgIpc) is 1.96. The second-order valence-electron chi connectivity index (χ2n) is 3.46. The van der Waals surface area contributed by atoms with Crippen LogP contribution in [0.1, 0.15) is 26.7 Å². The molecule has 0 aromatic carbocycles. The summed E-state index contributed by atoms with van der Waals surface area (Å²) in [5.74, 6) is 0.735. The third-order valence-corrected chi connectivity index (χ3v) is 2.77. The Morgan fingerprint density at radius 3 is 2.80 bits per heavy atom. The van der Waals surface area contributed by atoms with Crippen molar-refractivity contribution in [3.05, 3.63) is 12.7 Å². The molecule has 0 aromatic rings. The van der Waals surface area contributed by atoms with E-state index in [0.29, 0.717) is 0 Å². The van der Waals surface area contributed by atoms with Crippen molar-refractivity contribution in [3.8, 4) is 0 Å². The summed E-state index contributed by atoms with van der Waals surface area (Å²) in [6.45, 7) is 9.50. The van der Waals surface area contributed by atoms with Gasteiger partial charge in [0.05, 0.1) is 0 Å². The van der Waals surface area contributed by atoms with Gasteiger partial charge in [-0.2, -0.15) is 0 Å². The van der Waals surface area contributed by atoms with Crippen LogP contribution in [0.25, 0.3) is 0 Å². The molecule has 0 spiro atoms. The summed E-state index contributed by atoms with van der Waals surface area (Å²) >= 11 is 0. The summed E-state index contributed by atoms with van der Waals surface area (Å²) in [7, 11) is 0. The monoisotopic (exact) mass is 139 g/mol. The zero-order chi connectivity index (χ0) is 7.61. The summed E-state index contributed by atoms with van der Waals surface area (Å²) in [6, 6.07) is 0. The predicted octanol–water partition coefficient (Wildman–Crippen LogP) is 1.95. The van der Waals surface area contributed by atoms with E-state index in [4.69, 9.17) is 0 Å². The molecule has 2 atom stereocenters. The maximum Gasteiger partial charge on any atom is 0.0358 e. The first-order valence-corrected chi connectivity index (χ1v) is 4.07. The van der Waals surface area contributed by atoms with Crippen LogP contribution < -0.4 is 5.32 Å². The lowest BCUT2D eigenvalue weighted by molar-refractivity contribution is 0.244. The van der Waals surface area contributed by atoms with Gasteiger partial charge in [-0.15, -0.1) is 6.58 Å². The maximum absolute atomic E-state index is 3.84. The van der Waals surface area contributed by atoms with Gasteiger partial charge in [-0.1, -0.05) is 13.0 Å². The fraction of sp³-hybridized carbons (Fsp3) is 0.778. The highest BCUT2D eigenvalue weighted by Crippen LogP contribution is 2.26. The van der Waals surface area contributed by atoms with Crippen LogP contribution in [0.5, 0.6) is 0 Å². The van der Waals surface area contributed by atoms with Crippen LogP contribution in [0.3, 0.4) is 0 Å². The number of nitrogens with one attached hydrogen (secondary N) is 1. The number of hydrogen-bond donors (Lipinski definition) is 1. The van der Waals surface area contributed by atoms with E-state index in [1.165, 1.54) is 12.8 Å². The summed E-state index contributed by atoms with van der Waals surface area (Å²) in [4.78, 5) is 0. The largest absolute Gasteiger partial charge is 0.308 e. The van der Waals surface area contributed by atoms with Gasteiger partial charge < -0.3 is 5.32 Å². The highest BCUT2D eigenvalue weighted by Gasteiger charge is 2.29. The molecule has 1 aliphatic rings. The molecule has 1 rings (SSSR count). The molecule has 58 valence electrons. The molecule has 1 heteroatoms. The van der Waals surface area contributed by atoms with Gasteiger partial charge in [-0.25, -0.2) is 0 Å².